The van der Waals surface area contributed by atoms with Crippen molar-refractivity contribution in [3.63, 3.8) is 0 Å². The largest absolute Gasteiger partial charge is 0.508 e. The second kappa shape index (κ2) is 4.45. The standard InChI is InChI=1S/C10H10O5/c1-2-15-9-6(5-11)3-7(12)4-8(9)10(13)14/h3-5,12H,2H2,1H3,(H,13,14). The van der Waals surface area contributed by atoms with Crippen LogP contribution in [0.25, 0.3) is 0 Å². The number of aromatic hydroxyl groups is 1. The van der Waals surface area contributed by atoms with Gasteiger partial charge in [-0.25, -0.2) is 4.79 Å². The van der Waals surface area contributed by atoms with E-state index in [0.29, 0.717) is 6.29 Å². The molecule has 0 aliphatic rings. The Morgan fingerprint density at radius 2 is 2.20 bits per heavy atom. The molecule has 0 saturated heterocycles. The van der Waals surface area contributed by atoms with E-state index in [2.05, 4.69) is 0 Å². The van der Waals surface area contributed by atoms with Crippen molar-refractivity contribution in [2.24, 2.45) is 0 Å². The Morgan fingerprint density at radius 3 is 2.67 bits per heavy atom. The topological polar surface area (TPSA) is 83.8 Å². The molecule has 80 valence electrons. The summed E-state index contributed by atoms with van der Waals surface area (Å²) in [5.41, 5.74) is -0.201. The molecule has 0 amide bonds. The minimum Gasteiger partial charge on any atom is -0.508 e. The van der Waals surface area contributed by atoms with Gasteiger partial charge in [0.05, 0.1) is 12.2 Å². The van der Waals surface area contributed by atoms with Gasteiger partial charge in [-0.3, -0.25) is 4.79 Å². The Balaban J connectivity index is 3.39. The van der Waals surface area contributed by atoms with Gasteiger partial charge in [-0.05, 0) is 19.1 Å². The molecule has 0 aliphatic heterocycles. The highest BCUT2D eigenvalue weighted by molar-refractivity contribution is 5.95. The predicted molar refractivity (Wildman–Crippen MR) is 51.6 cm³/mol. The summed E-state index contributed by atoms with van der Waals surface area (Å²) in [6, 6.07) is 2.20. The van der Waals surface area contributed by atoms with Crippen LogP contribution in [0, 0.1) is 0 Å². The molecule has 0 saturated carbocycles. The fourth-order valence-corrected chi connectivity index (χ4v) is 1.19. The molecule has 0 unspecified atom stereocenters. The molecule has 15 heavy (non-hydrogen) atoms. The van der Waals surface area contributed by atoms with Crippen LogP contribution in [0.15, 0.2) is 12.1 Å². The number of hydrogen-bond acceptors (Lipinski definition) is 4. The third-order valence-corrected chi connectivity index (χ3v) is 1.75. The molecule has 1 rings (SSSR count). The van der Waals surface area contributed by atoms with E-state index in [0.717, 1.165) is 12.1 Å². The molecule has 1 aromatic rings. The normalized spacial score (nSPS) is 9.67. The van der Waals surface area contributed by atoms with Gasteiger partial charge in [0.15, 0.2) is 6.29 Å². The van der Waals surface area contributed by atoms with Gasteiger partial charge in [-0.15, -0.1) is 0 Å². The van der Waals surface area contributed by atoms with E-state index >= 15 is 0 Å². The number of rotatable bonds is 4. The van der Waals surface area contributed by atoms with Gasteiger partial charge < -0.3 is 14.9 Å². The summed E-state index contributed by atoms with van der Waals surface area (Å²) in [6.45, 7) is 1.92. The summed E-state index contributed by atoms with van der Waals surface area (Å²) in [6.07, 6.45) is 0.442. The molecule has 0 aromatic heterocycles. The second-order valence-corrected chi connectivity index (χ2v) is 2.77. The molecule has 5 nitrogen and oxygen atoms in total. The molecule has 0 fully saturated rings. The van der Waals surface area contributed by atoms with Crippen molar-refractivity contribution in [3.05, 3.63) is 23.3 Å². The molecule has 0 atom stereocenters. The van der Waals surface area contributed by atoms with Crippen molar-refractivity contribution in [3.8, 4) is 11.5 Å². The summed E-state index contributed by atoms with van der Waals surface area (Å²) < 4.78 is 5.05. The Bertz CT molecular complexity index is 397. The zero-order valence-corrected chi connectivity index (χ0v) is 8.06. The van der Waals surface area contributed by atoms with Crippen molar-refractivity contribution in [2.45, 2.75) is 6.92 Å². The molecule has 1 aromatic carbocycles. The van der Waals surface area contributed by atoms with Crippen LogP contribution in [0.3, 0.4) is 0 Å². The predicted octanol–water partition coefficient (Wildman–Crippen LogP) is 1.30. The Hall–Kier alpha value is -2.04. The van der Waals surface area contributed by atoms with Crippen LogP contribution < -0.4 is 4.74 Å². The maximum absolute atomic E-state index is 10.8. The summed E-state index contributed by atoms with van der Waals surface area (Å²) in [7, 11) is 0. The fourth-order valence-electron chi connectivity index (χ4n) is 1.19. The van der Waals surface area contributed by atoms with Crippen molar-refractivity contribution in [2.75, 3.05) is 6.61 Å². The monoisotopic (exact) mass is 210 g/mol. The third-order valence-electron chi connectivity index (χ3n) is 1.75. The van der Waals surface area contributed by atoms with E-state index in [1.807, 2.05) is 0 Å². The summed E-state index contributed by atoms with van der Waals surface area (Å²) in [4.78, 5) is 21.5. The SMILES string of the molecule is CCOc1c(C=O)cc(O)cc1C(=O)O. The van der Waals surface area contributed by atoms with Gasteiger partial charge in [0.25, 0.3) is 0 Å². The summed E-state index contributed by atoms with van der Waals surface area (Å²) in [5, 5.41) is 18.0. The molecule has 0 radical (unpaired) electrons. The molecule has 0 aliphatic carbocycles. The fraction of sp³-hybridized carbons (Fsp3) is 0.200. The van der Waals surface area contributed by atoms with E-state index in [-0.39, 0.29) is 29.2 Å². The van der Waals surface area contributed by atoms with Crippen molar-refractivity contribution in [1.82, 2.24) is 0 Å². The van der Waals surface area contributed by atoms with Crippen LogP contribution in [0.2, 0.25) is 0 Å². The number of carboxylic acid groups (broad SMARTS) is 1. The van der Waals surface area contributed by atoms with Gasteiger partial charge in [-0.2, -0.15) is 0 Å². The summed E-state index contributed by atoms with van der Waals surface area (Å²) in [5.74, 6) is -1.55. The second-order valence-electron chi connectivity index (χ2n) is 2.77. The number of phenolic OH excluding ortho intramolecular Hbond substituents is 1. The lowest BCUT2D eigenvalue weighted by Crippen LogP contribution is -2.05. The number of aromatic carboxylic acids is 1. The smallest absolute Gasteiger partial charge is 0.339 e. The quantitative estimate of drug-likeness (QED) is 0.732. The molecule has 2 N–H and O–H groups in total. The number of ether oxygens (including phenoxy) is 1. The molecule has 5 heteroatoms. The Kier molecular flexibility index (Phi) is 3.28. The van der Waals surface area contributed by atoms with Crippen LogP contribution in [-0.4, -0.2) is 29.1 Å². The first-order chi connectivity index (χ1) is 7.10. The van der Waals surface area contributed by atoms with Gasteiger partial charge in [-0.1, -0.05) is 0 Å². The number of hydrogen-bond donors (Lipinski definition) is 2. The number of benzene rings is 1. The number of carbonyl (C=O) groups is 2. The summed E-state index contributed by atoms with van der Waals surface area (Å²) >= 11 is 0. The van der Waals surface area contributed by atoms with E-state index in [9.17, 15) is 14.7 Å². The number of carbonyl (C=O) groups excluding carboxylic acids is 1. The zero-order valence-electron chi connectivity index (χ0n) is 8.06. The lowest BCUT2D eigenvalue weighted by atomic mass is 10.1. The van der Waals surface area contributed by atoms with Crippen molar-refractivity contribution in [1.29, 1.82) is 0 Å². The van der Waals surface area contributed by atoms with Crippen molar-refractivity contribution < 1.29 is 24.5 Å². The highest BCUT2D eigenvalue weighted by Gasteiger charge is 2.16. The highest BCUT2D eigenvalue weighted by Crippen LogP contribution is 2.28. The molecular weight excluding hydrogens is 200 g/mol. The van der Waals surface area contributed by atoms with Gasteiger partial charge >= 0.3 is 5.97 Å². The number of carboxylic acids is 1. The van der Waals surface area contributed by atoms with E-state index < -0.39 is 5.97 Å². The average Bonchev–Trinajstić information content (AvgIpc) is 2.19. The first-order valence-electron chi connectivity index (χ1n) is 4.28. The maximum Gasteiger partial charge on any atom is 0.339 e. The van der Waals surface area contributed by atoms with Crippen LogP contribution in [0.4, 0.5) is 0 Å². The van der Waals surface area contributed by atoms with Crippen molar-refractivity contribution >= 4 is 12.3 Å². The van der Waals surface area contributed by atoms with Crippen LogP contribution in [0.1, 0.15) is 27.6 Å². The van der Waals surface area contributed by atoms with Gasteiger partial charge in [0, 0.05) is 0 Å². The Morgan fingerprint density at radius 1 is 1.53 bits per heavy atom. The van der Waals surface area contributed by atoms with Crippen LogP contribution >= 0.6 is 0 Å². The lowest BCUT2D eigenvalue weighted by molar-refractivity contribution is 0.0692. The van der Waals surface area contributed by atoms with Crippen LogP contribution in [0.5, 0.6) is 11.5 Å². The number of aldehydes is 1. The molecule has 0 bridgehead atoms. The minimum absolute atomic E-state index is 0.0159. The molecule has 0 heterocycles. The molecule has 0 spiro atoms. The zero-order chi connectivity index (χ0) is 11.4. The van der Waals surface area contributed by atoms with E-state index in [4.69, 9.17) is 9.84 Å². The molecular formula is C10H10O5. The maximum atomic E-state index is 10.8. The van der Waals surface area contributed by atoms with Gasteiger partial charge in [0.2, 0.25) is 0 Å². The van der Waals surface area contributed by atoms with Crippen LogP contribution in [-0.2, 0) is 0 Å². The van der Waals surface area contributed by atoms with E-state index in [1.54, 1.807) is 6.92 Å². The minimum atomic E-state index is -1.25. The highest BCUT2D eigenvalue weighted by atomic mass is 16.5. The lowest BCUT2D eigenvalue weighted by Gasteiger charge is -2.09. The number of phenols is 1. The Labute approximate surface area is 85.9 Å². The third kappa shape index (κ3) is 2.25. The first-order valence-corrected chi connectivity index (χ1v) is 4.28. The van der Waals surface area contributed by atoms with E-state index in [1.165, 1.54) is 0 Å². The average molecular weight is 210 g/mol. The first kappa shape index (κ1) is 11.0. The van der Waals surface area contributed by atoms with Gasteiger partial charge in [0.1, 0.15) is 17.1 Å².